The van der Waals surface area contributed by atoms with Crippen LogP contribution in [0.2, 0.25) is 5.02 Å². The van der Waals surface area contributed by atoms with Crippen LogP contribution in [0, 0.1) is 11.8 Å². The fourth-order valence-electron chi connectivity index (χ4n) is 1.14. The molecule has 4 heteroatoms. The molecule has 1 rings (SSSR count). The number of halogens is 1. The molecule has 0 unspecified atom stereocenters. The zero-order valence-corrected chi connectivity index (χ0v) is 9.64. The highest BCUT2D eigenvalue weighted by Crippen LogP contribution is 2.14. The lowest BCUT2D eigenvalue weighted by molar-refractivity contribution is 0.0697. The second kappa shape index (κ2) is 6.16. The zero-order chi connectivity index (χ0) is 12.0. The smallest absolute Gasteiger partial charge is 0.335 e. The molecule has 0 aliphatic heterocycles. The third-order valence-electron chi connectivity index (χ3n) is 1.88. The van der Waals surface area contributed by atoms with Gasteiger partial charge >= 0.3 is 5.97 Å². The number of benzene rings is 1. The Hall–Kier alpha value is -1.50. The largest absolute Gasteiger partial charge is 0.478 e. The van der Waals surface area contributed by atoms with Gasteiger partial charge in [-0.05, 0) is 25.2 Å². The van der Waals surface area contributed by atoms with Crippen molar-refractivity contribution in [3.05, 3.63) is 34.3 Å². The lowest BCUT2D eigenvalue weighted by atomic mass is 10.1. The van der Waals surface area contributed by atoms with Crippen LogP contribution in [0.15, 0.2) is 18.2 Å². The third kappa shape index (κ3) is 3.93. The van der Waals surface area contributed by atoms with Gasteiger partial charge in [0.15, 0.2) is 0 Å². The Balaban J connectivity index is 2.86. The van der Waals surface area contributed by atoms with E-state index in [0.717, 1.165) is 6.54 Å². The Bertz CT molecular complexity index is 446. The van der Waals surface area contributed by atoms with E-state index in [2.05, 4.69) is 17.2 Å². The van der Waals surface area contributed by atoms with Gasteiger partial charge in [-0.15, -0.1) is 0 Å². The fourth-order valence-corrected chi connectivity index (χ4v) is 1.37. The fraction of sp³-hybridized carbons (Fsp3) is 0.250. The first-order chi connectivity index (χ1) is 7.63. The molecule has 0 heterocycles. The van der Waals surface area contributed by atoms with Gasteiger partial charge in [-0.25, -0.2) is 4.79 Å². The van der Waals surface area contributed by atoms with Crippen molar-refractivity contribution in [3.63, 3.8) is 0 Å². The molecule has 0 amide bonds. The number of hydrogen-bond acceptors (Lipinski definition) is 2. The summed E-state index contributed by atoms with van der Waals surface area (Å²) in [4.78, 5) is 10.8. The minimum Gasteiger partial charge on any atom is -0.478 e. The van der Waals surface area contributed by atoms with Crippen LogP contribution in [-0.2, 0) is 0 Å². The number of rotatable bonds is 3. The summed E-state index contributed by atoms with van der Waals surface area (Å²) in [5.74, 6) is 4.81. The Morgan fingerprint density at radius 3 is 2.88 bits per heavy atom. The van der Waals surface area contributed by atoms with Crippen LogP contribution in [-0.4, -0.2) is 24.7 Å². The Labute approximate surface area is 99.4 Å². The molecule has 0 radical (unpaired) electrons. The molecule has 84 valence electrons. The Kier molecular flexibility index (Phi) is 4.84. The first-order valence-electron chi connectivity index (χ1n) is 4.81. The summed E-state index contributed by atoms with van der Waals surface area (Å²) in [6, 6.07) is 4.57. The van der Waals surface area contributed by atoms with E-state index in [9.17, 15) is 4.79 Å². The van der Waals surface area contributed by atoms with Gasteiger partial charge in [-0.3, -0.25) is 0 Å². The summed E-state index contributed by atoms with van der Waals surface area (Å²) in [7, 11) is 1.85. The highest BCUT2D eigenvalue weighted by molar-refractivity contribution is 6.31. The van der Waals surface area contributed by atoms with Gasteiger partial charge in [0, 0.05) is 23.6 Å². The van der Waals surface area contributed by atoms with Crippen LogP contribution in [0.1, 0.15) is 22.3 Å². The number of nitrogens with one attached hydrogen (secondary N) is 1. The van der Waals surface area contributed by atoms with Crippen LogP contribution in [0.5, 0.6) is 0 Å². The molecule has 0 bridgehead atoms. The van der Waals surface area contributed by atoms with Crippen molar-refractivity contribution >= 4 is 17.6 Å². The second-order valence-corrected chi connectivity index (χ2v) is 3.63. The maximum atomic E-state index is 10.8. The van der Waals surface area contributed by atoms with Crippen LogP contribution in [0.3, 0.4) is 0 Å². The molecule has 0 fully saturated rings. The highest BCUT2D eigenvalue weighted by atomic mass is 35.5. The molecule has 1 aromatic rings. The highest BCUT2D eigenvalue weighted by Gasteiger charge is 2.04. The molecule has 0 saturated heterocycles. The number of carboxylic acids is 1. The van der Waals surface area contributed by atoms with Gasteiger partial charge in [-0.1, -0.05) is 23.4 Å². The SMILES string of the molecule is CNCCC#Cc1cc(Cl)cc(C(=O)O)c1. The first-order valence-corrected chi connectivity index (χ1v) is 5.18. The summed E-state index contributed by atoms with van der Waals surface area (Å²) >= 11 is 5.79. The number of aromatic carboxylic acids is 1. The van der Waals surface area contributed by atoms with Crippen LogP contribution in [0.25, 0.3) is 0 Å². The molecule has 1 aromatic carbocycles. The summed E-state index contributed by atoms with van der Waals surface area (Å²) in [5.41, 5.74) is 0.784. The maximum absolute atomic E-state index is 10.8. The molecular formula is C12H12ClNO2. The minimum atomic E-state index is -0.999. The Morgan fingerprint density at radius 2 is 2.25 bits per heavy atom. The topological polar surface area (TPSA) is 49.3 Å². The average Bonchev–Trinajstić information content (AvgIpc) is 2.23. The third-order valence-corrected chi connectivity index (χ3v) is 2.10. The lowest BCUT2D eigenvalue weighted by Crippen LogP contribution is -2.05. The van der Waals surface area contributed by atoms with E-state index >= 15 is 0 Å². The second-order valence-electron chi connectivity index (χ2n) is 3.19. The van der Waals surface area contributed by atoms with E-state index < -0.39 is 5.97 Å². The van der Waals surface area contributed by atoms with E-state index in [1.807, 2.05) is 7.05 Å². The first kappa shape index (κ1) is 12.6. The van der Waals surface area contributed by atoms with Gasteiger partial charge in [0.25, 0.3) is 0 Å². The number of carboxylic acid groups (broad SMARTS) is 1. The maximum Gasteiger partial charge on any atom is 0.335 e. The van der Waals surface area contributed by atoms with Crippen LogP contribution >= 0.6 is 11.6 Å². The van der Waals surface area contributed by atoms with Crippen molar-refractivity contribution in [3.8, 4) is 11.8 Å². The monoisotopic (exact) mass is 237 g/mol. The van der Waals surface area contributed by atoms with Crippen molar-refractivity contribution in [1.82, 2.24) is 5.32 Å². The molecule has 0 aromatic heterocycles. The van der Waals surface area contributed by atoms with Crippen molar-refractivity contribution < 1.29 is 9.90 Å². The van der Waals surface area contributed by atoms with Crippen molar-refractivity contribution in [2.45, 2.75) is 6.42 Å². The Morgan fingerprint density at radius 1 is 1.50 bits per heavy atom. The molecule has 0 atom stereocenters. The molecule has 16 heavy (non-hydrogen) atoms. The lowest BCUT2D eigenvalue weighted by Gasteiger charge is -1.97. The zero-order valence-electron chi connectivity index (χ0n) is 8.88. The molecule has 0 aliphatic rings. The molecule has 0 saturated carbocycles. The van der Waals surface area contributed by atoms with Crippen LogP contribution in [0.4, 0.5) is 0 Å². The summed E-state index contributed by atoms with van der Waals surface area (Å²) in [6.07, 6.45) is 0.714. The van der Waals surface area contributed by atoms with Gasteiger partial charge in [0.2, 0.25) is 0 Å². The summed E-state index contributed by atoms with van der Waals surface area (Å²) in [5, 5.41) is 12.2. The van der Waals surface area contributed by atoms with E-state index in [4.69, 9.17) is 16.7 Å². The molecule has 0 aliphatic carbocycles. The standard InChI is InChI=1S/C12H12ClNO2/c1-14-5-3-2-4-9-6-10(12(15)16)8-11(13)7-9/h6-8,14H,3,5H2,1H3,(H,15,16). The van der Waals surface area contributed by atoms with E-state index in [-0.39, 0.29) is 5.56 Å². The average molecular weight is 238 g/mol. The van der Waals surface area contributed by atoms with Gasteiger partial charge < -0.3 is 10.4 Å². The van der Waals surface area contributed by atoms with Gasteiger partial charge in [0.05, 0.1) is 5.56 Å². The molecule has 2 N–H and O–H groups in total. The predicted molar refractivity (Wildman–Crippen MR) is 63.8 cm³/mol. The van der Waals surface area contributed by atoms with Crippen LogP contribution < -0.4 is 5.32 Å². The summed E-state index contributed by atoms with van der Waals surface area (Å²) < 4.78 is 0. The molecular weight excluding hydrogens is 226 g/mol. The number of carbonyl (C=O) groups is 1. The van der Waals surface area contributed by atoms with Crippen molar-refractivity contribution in [2.24, 2.45) is 0 Å². The minimum absolute atomic E-state index is 0.158. The quantitative estimate of drug-likeness (QED) is 0.625. The van der Waals surface area contributed by atoms with Gasteiger partial charge in [-0.2, -0.15) is 0 Å². The van der Waals surface area contributed by atoms with Gasteiger partial charge in [0.1, 0.15) is 0 Å². The van der Waals surface area contributed by atoms with Crippen molar-refractivity contribution in [2.75, 3.05) is 13.6 Å². The van der Waals surface area contributed by atoms with E-state index in [1.54, 1.807) is 6.07 Å². The normalized spacial score (nSPS) is 9.38. The van der Waals surface area contributed by atoms with Crippen molar-refractivity contribution in [1.29, 1.82) is 0 Å². The predicted octanol–water partition coefficient (Wildman–Crippen LogP) is 2.00. The summed E-state index contributed by atoms with van der Waals surface area (Å²) in [6.45, 7) is 0.805. The van der Waals surface area contributed by atoms with E-state index in [1.165, 1.54) is 12.1 Å². The number of hydrogen-bond donors (Lipinski definition) is 2. The van der Waals surface area contributed by atoms with E-state index in [0.29, 0.717) is 17.0 Å². The molecule has 3 nitrogen and oxygen atoms in total. The molecule has 0 spiro atoms.